The van der Waals surface area contributed by atoms with E-state index in [1.165, 1.54) is 4.90 Å². The van der Waals surface area contributed by atoms with Crippen LogP contribution < -0.4 is 9.64 Å². The molecule has 0 aliphatic carbocycles. The zero-order chi connectivity index (χ0) is 21.8. The molecule has 1 saturated heterocycles. The summed E-state index contributed by atoms with van der Waals surface area (Å²) in [6, 6.07) is 9.62. The number of Topliss-reactive ketones (excluding diaryl/α,β-unsaturated/α-hetero) is 1. The topological polar surface area (TPSA) is 84.4 Å². The van der Waals surface area contributed by atoms with Crippen LogP contribution in [0.25, 0.3) is 5.76 Å². The molecule has 7 nitrogen and oxygen atoms in total. The molecule has 3 rings (SSSR count). The fourth-order valence-electron chi connectivity index (χ4n) is 3.44. The lowest BCUT2D eigenvalue weighted by molar-refractivity contribution is -0.857. The maximum atomic E-state index is 12.9. The van der Waals surface area contributed by atoms with E-state index in [1.807, 2.05) is 21.0 Å². The zero-order valence-corrected chi connectivity index (χ0v) is 17.9. The zero-order valence-electron chi connectivity index (χ0n) is 17.9. The van der Waals surface area contributed by atoms with Gasteiger partial charge in [-0.15, -0.1) is 0 Å². The molecule has 0 spiro atoms. The van der Waals surface area contributed by atoms with Crippen LogP contribution in [0.4, 0.5) is 0 Å². The molecule has 1 aliphatic rings. The number of ether oxygens (including phenoxy) is 1. The number of ketones is 1. The lowest BCUT2D eigenvalue weighted by Crippen LogP contribution is -3.06. The van der Waals surface area contributed by atoms with Crippen molar-refractivity contribution in [3.63, 3.8) is 0 Å². The predicted octanol–water partition coefficient (Wildman–Crippen LogP) is 1.94. The van der Waals surface area contributed by atoms with Crippen LogP contribution in [0, 0.1) is 6.92 Å². The number of amides is 1. The molecule has 0 bridgehead atoms. The summed E-state index contributed by atoms with van der Waals surface area (Å²) in [5.74, 6) is 0.276. The van der Waals surface area contributed by atoms with Crippen LogP contribution in [0.2, 0.25) is 0 Å². The number of nitrogens with zero attached hydrogens (tertiary/aromatic N) is 1. The standard InChI is InChI=1S/C23H28N2O5/c1-5-14-29-17-9-7-16(8-10-17)21(26)19-20(18-11-6-15(2)30-18)25(13-12-24(3)4)23(28)22(19)27/h6-11,20,26H,5,12-14H2,1-4H3/p+1/b21-19+/t20-/m0/s1. The van der Waals surface area contributed by atoms with Gasteiger partial charge in [0.25, 0.3) is 11.7 Å². The van der Waals surface area contributed by atoms with Crippen LogP contribution in [0.5, 0.6) is 5.75 Å². The van der Waals surface area contributed by atoms with Gasteiger partial charge in [0, 0.05) is 5.56 Å². The molecular formula is C23H29N2O5+. The molecule has 1 atom stereocenters. The van der Waals surface area contributed by atoms with Crippen molar-refractivity contribution in [1.29, 1.82) is 0 Å². The number of aliphatic hydroxyl groups is 1. The van der Waals surface area contributed by atoms with Gasteiger partial charge in [0.2, 0.25) is 0 Å². The smallest absolute Gasteiger partial charge is 0.295 e. The van der Waals surface area contributed by atoms with Crippen molar-refractivity contribution < 1.29 is 28.7 Å². The number of aryl methyl sites for hydroxylation is 1. The summed E-state index contributed by atoms with van der Waals surface area (Å²) in [6.45, 7) is 5.45. The van der Waals surface area contributed by atoms with Gasteiger partial charge in [0.15, 0.2) is 0 Å². The van der Waals surface area contributed by atoms with Crippen molar-refractivity contribution in [2.75, 3.05) is 33.8 Å². The van der Waals surface area contributed by atoms with Crippen molar-refractivity contribution in [1.82, 2.24) is 4.90 Å². The first-order valence-electron chi connectivity index (χ1n) is 10.2. The number of quaternary nitrogens is 1. The fraction of sp³-hybridized carbons (Fsp3) is 0.391. The van der Waals surface area contributed by atoms with E-state index in [9.17, 15) is 14.7 Å². The molecule has 1 fully saturated rings. The Morgan fingerprint density at radius 2 is 1.87 bits per heavy atom. The van der Waals surface area contributed by atoms with Crippen LogP contribution >= 0.6 is 0 Å². The minimum absolute atomic E-state index is 0.0466. The lowest BCUT2D eigenvalue weighted by atomic mass is 9.99. The molecular weight excluding hydrogens is 384 g/mol. The molecule has 0 radical (unpaired) electrons. The number of aliphatic hydroxyl groups excluding tert-OH is 1. The molecule has 2 heterocycles. The second kappa shape index (κ2) is 9.17. The van der Waals surface area contributed by atoms with Gasteiger partial charge in [-0.25, -0.2) is 0 Å². The minimum Gasteiger partial charge on any atom is -0.507 e. The van der Waals surface area contributed by atoms with E-state index in [1.54, 1.807) is 43.3 Å². The summed E-state index contributed by atoms with van der Waals surface area (Å²) >= 11 is 0. The fourth-order valence-corrected chi connectivity index (χ4v) is 3.44. The van der Waals surface area contributed by atoms with Gasteiger partial charge in [-0.1, -0.05) is 6.92 Å². The third-order valence-corrected chi connectivity index (χ3v) is 5.02. The van der Waals surface area contributed by atoms with Crippen molar-refractivity contribution in [2.24, 2.45) is 0 Å². The average Bonchev–Trinajstić information content (AvgIpc) is 3.26. The maximum absolute atomic E-state index is 12.9. The summed E-state index contributed by atoms with van der Waals surface area (Å²) in [5.41, 5.74) is 0.494. The number of likely N-dealkylation sites (tertiary alicyclic amines) is 1. The monoisotopic (exact) mass is 413 g/mol. The van der Waals surface area contributed by atoms with Crippen molar-refractivity contribution in [2.45, 2.75) is 26.3 Å². The van der Waals surface area contributed by atoms with Gasteiger partial charge in [0.1, 0.15) is 29.1 Å². The van der Waals surface area contributed by atoms with Crippen LogP contribution in [0.1, 0.15) is 36.5 Å². The van der Waals surface area contributed by atoms with E-state index in [0.29, 0.717) is 42.5 Å². The van der Waals surface area contributed by atoms with Crippen LogP contribution in [0.15, 0.2) is 46.4 Å². The van der Waals surface area contributed by atoms with Gasteiger partial charge in [0.05, 0.1) is 39.4 Å². The van der Waals surface area contributed by atoms with E-state index >= 15 is 0 Å². The number of hydrogen-bond acceptors (Lipinski definition) is 5. The first-order valence-corrected chi connectivity index (χ1v) is 10.2. The van der Waals surface area contributed by atoms with Crippen LogP contribution in [-0.2, 0) is 9.59 Å². The van der Waals surface area contributed by atoms with Gasteiger partial charge in [-0.2, -0.15) is 0 Å². The Balaban J connectivity index is 2.02. The van der Waals surface area contributed by atoms with E-state index in [4.69, 9.17) is 9.15 Å². The summed E-state index contributed by atoms with van der Waals surface area (Å²) in [4.78, 5) is 28.3. The van der Waals surface area contributed by atoms with Gasteiger partial charge in [-0.3, -0.25) is 9.59 Å². The molecule has 1 aromatic carbocycles. The predicted molar refractivity (Wildman–Crippen MR) is 112 cm³/mol. The maximum Gasteiger partial charge on any atom is 0.295 e. The second-order valence-electron chi connectivity index (χ2n) is 7.77. The third kappa shape index (κ3) is 4.41. The number of likely N-dealkylation sites (N-methyl/N-ethyl adjacent to an activating group) is 1. The molecule has 0 saturated carbocycles. The lowest BCUT2D eigenvalue weighted by Gasteiger charge is -2.23. The molecule has 7 heteroatoms. The largest absolute Gasteiger partial charge is 0.507 e. The SMILES string of the molecule is CCCOc1ccc(/C(O)=C2\C(=O)C(=O)N(CC[NH+](C)C)[C@H]2c2ccc(C)o2)cc1. The summed E-state index contributed by atoms with van der Waals surface area (Å²) in [7, 11) is 3.95. The number of carbonyl (C=O) groups is 2. The number of rotatable bonds is 8. The number of furan rings is 1. The van der Waals surface area contributed by atoms with Crippen LogP contribution in [0.3, 0.4) is 0 Å². The highest BCUT2D eigenvalue weighted by molar-refractivity contribution is 6.46. The van der Waals surface area contributed by atoms with Crippen molar-refractivity contribution in [3.05, 3.63) is 59.1 Å². The Kier molecular flexibility index (Phi) is 6.62. The second-order valence-corrected chi connectivity index (χ2v) is 7.77. The first-order chi connectivity index (χ1) is 14.3. The Bertz CT molecular complexity index is 943. The minimum atomic E-state index is -0.755. The van der Waals surface area contributed by atoms with E-state index < -0.39 is 17.7 Å². The Hall–Kier alpha value is -3.06. The van der Waals surface area contributed by atoms with Crippen molar-refractivity contribution >= 4 is 17.4 Å². The van der Waals surface area contributed by atoms with Crippen LogP contribution in [-0.4, -0.2) is 55.5 Å². The molecule has 160 valence electrons. The first kappa shape index (κ1) is 21.6. The number of hydrogen-bond donors (Lipinski definition) is 2. The molecule has 1 aromatic heterocycles. The Morgan fingerprint density at radius 1 is 1.17 bits per heavy atom. The molecule has 0 unspecified atom stereocenters. The van der Waals surface area contributed by atoms with E-state index in [2.05, 4.69) is 0 Å². The Labute approximate surface area is 176 Å². The summed E-state index contributed by atoms with van der Waals surface area (Å²) in [6.07, 6.45) is 0.891. The van der Waals surface area contributed by atoms with Gasteiger partial charge < -0.3 is 24.1 Å². The highest BCUT2D eigenvalue weighted by Gasteiger charge is 2.47. The number of benzene rings is 1. The highest BCUT2D eigenvalue weighted by atomic mass is 16.5. The highest BCUT2D eigenvalue weighted by Crippen LogP contribution is 2.39. The summed E-state index contributed by atoms with van der Waals surface area (Å²) < 4.78 is 11.3. The Morgan fingerprint density at radius 3 is 2.43 bits per heavy atom. The third-order valence-electron chi connectivity index (χ3n) is 5.02. The molecule has 2 N–H and O–H groups in total. The molecule has 1 aliphatic heterocycles. The van der Waals surface area contributed by atoms with E-state index in [0.717, 1.165) is 11.3 Å². The van der Waals surface area contributed by atoms with Gasteiger partial charge >= 0.3 is 0 Å². The molecule has 1 amide bonds. The summed E-state index contributed by atoms with van der Waals surface area (Å²) in [5, 5.41) is 11.0. The quantitative estimate of drug-likeness (QED) is 0.393. The molecule has 2 aromatic rings. The number of nitrogens with one attached hydrogen (secondary N) is 1. The van der Waals surface area contributed by atoms with E-state index in [-0.39, 0.29) is 11.3 Å². The number of carbonyl (C=O) groups excluding carboxylic acids is 2. The van der Waals surface area contributed by atoms with Crippen molar-refractivity contribution in [3.8, 4) is 5.75 Å². The normalized spacial score (nSPS) is 18.4. The van der Waals surface area contributed by atoms with Gasteiger partial charge in [-0.05, 0) is 49.7 Å². The molecule has 30 heavy (non-hydrogen) atoms. The average molecular weight is 413 g/mol.